The number of rotatable bonds is 2. The lowest BCUT2D eigenvalue weighted by Crippen LogP contribution is -2.15. The monoisotopic (exact) mass is 460 g/mol. The number of alkyl halides is 1. The molecule has 3 aromatic carbocycles. The zero-order valence-corrected chi connectivity index (χ0v) is 17.7. The van der Waals surface area contributed by atoms with Gasteiger partial charge in [-0.25, -0.2) is 0 Å². The smallest absolute Gasteiger partial charge is 0.0182 e. The zero-order valence-electron chi connectivity index (χ0n) is 15.6. The first-order valence-corrected chi connectivity index (χ1v) is 10.7. The van der Waals surface area contributed by atoms with Gasteiger partial charge in [0.1, 0.15) is 0 Å². The first kappa shape index (κ1) is 18.1. The SMILES string of the molecule is C#C/C=C1\C(=C/CI)C(C)(C)c2cc(-c3cccc4ccccc34)ccc21. The molecule has 0 fully saturated rings. The van der Waals surface area contributed by atoms with Crippen LogP contribution in [0.1, 0.15) is 25.0 Å². The van der Waals surface area contributed by atoms with Crippen molar-refractivity contribution in [2.45, 2.75) is 19.3 Å². The standard InChI is InChI=1S/C26H21I/c1-4-8-22-23-14-13-19(17-25(23)26(2,3)24(22)15-16-27)21-12-7-10-18-9-5-6-11-20(18)21/h1,5-15,17H,16H2,2-3H3/b22-8-,24-15+. The molecule has 132 valence electrons. The Bertz CT molecular complexity index is 1130. The number of fused-ring (bicyclic) bond motifs is 2. The summed E-state index contributed by atoms with van der Waals surface area (Å²) in [4.78, 5) is 0. The van der Waals surface area contributed by atoms with Crippen molar-refractivity contribution < 1.29 is 0 Å². The second-order valence-corrected chi connectivity index (χ2v) is 8.29. The number of allylic oxidation sites excluding steroid dienone is 4. The molecule has 0 amide bonds. The lowest BCUT2D eigenvalue weighted by Gasteiger charge is -2.22. The molecule has 0 aliphatic heterocycles. The normalized spacial score (nSPS) is 18.0. The van der Waals surface area contributed by atoms with Crippen molar-refractivity contribution in [1.82, 2.24) is 0 Å². The van der Waals surface area contributed by atoms with Crippen LogP contribution >= 0.6 is 22.6 Å². The second kappa shape index (κ2) is 7.02. The van der Waals surface area contributed by atoms with E-state index in [1.54, 1.807) is 0 Å². The maximum absolute atomic E-state index is 5.64. The quantitative estimate of drug-likeness (QED) is 0.216. The topological polar surface area (TPSA) is 0 Å². The molecule has 4 rings (SSSR count). The molecule has 0 radical (unpaired) electrons. The van der Waals surface area contributed by atoms with Crippen LogP contribution < -0.4 is 0 Å². The minimum absolute atomic E-state index is 0.0518. The van der Waals surface area contributed by atoms with Gasteiger partial charge in [0.2, 0.25) is 0 Å². The Morgan fingerprint density at radius 1 is 1.00 bits per heavy atom. The Labute approximate surface area is 175 Å². The van der Waals surface area contributed by atoms with E-state index in [2.05, 4.69) is 109 Å². The molecule has 0 aromatic heterocycles. The molecule has 1 aliphatic rings. The Kier molecular flexibility index (Phi) is 4.70. The van der Waals surface area contributed by atoms with E-state index < -0.39 is 0 Å². The van der Waals surface area contributed by atoms with E-state index in [1.165, 1.54) is 44.2 Å². The van der Waals surface area contributed by atoms with E-state index in [-0.39, 0.29) is 5.41 Å². The van der Waals surface area contributed by atoms with Crippen LogP contribution in [0, 0.1) is 12.3 Å². The van der Waals surface area contributed by atoms with Crippen molar-refractivity contribution in [2.24, 2.45) is 0 Å². The Balaban J connectivity index is 1.96. The van der Waals surface area contributed by atoms with E-state index in [1.807, 2.05) is 6.08 Å². The molecule has 1 heteroatoms. The lowest BCUT2D eigenvalue weighted by molar-refractivity contribution is 0.660. The molecular weight excluding hydrogens is 439 g/mol. The average molecular weight is 460 g/mol. The van der Waals surface area contributed by atoms with Gasteiger partial charge in [-0.15, -0.1) is 6.42 Å². The highest BCUT2D eigenvalue weighted by molar-refractivity contribution is 14.1. The van der Waals surface area contributed by atoms with E-state index in [4.69, 9.17) is 6.42 Å². The highest BCUT2D eigenvalue weighted by atomic mass is 127. The van der Waals surface area contributed by atoms with Gasteiger partial charge in [0.25, 0.3) is 0 Å². The van der Waals surface area contributed by atoms with Gasteiger partial charge in [-0.3, -0.25) is 0 Å². The molecule has 1 aliphatic carbocycles. The number of hydrogen-bond acceptors (Lipinski definition) is 0. The molecule has 0 spiro atoms. The highest BCUT2D eigenvalue weighted by Crippen LogP contribution is 2.50. The van der Waals surface area contributed by atoms with E-state index >= 15 is 0 Å². The van der Waals surface area contributed by atoms with Crippen molar-refractivity contribution >= 4 is 38.9 Å². The van der Waals surface area contributed by atoms with Gasteiger partial charge in [-0.05, 0) is 56.3 Å². The fourth-order valence-corrected chi connectivity index (χ4v) is 4.69. The predicted molar refractivity (Wildman–Crippen MR) is 126 cm³/mol. The van der Waals surface area contributed by atoms with Gasteiger partial charge in [-0.2, -0.15) is 0 Å². The molecule has 0 atom stereocenters. The average Bonchev–Trinajstić information content (AvgIpc) is 2.89. The van der Waals surface area contributed by atoms with Crippen molar-refractivity contribution in [3.05, 3.63) is 89.5 Å². The molecular formula is C26H21I. The molecule has 27 heavy (non-hydrogen) atoms. The fourth-order valence-electron chi connectivity index (χ4n) is 4.25. The Morgan fingerprint density at radius 3 is 2.56 bits per heavy atom. The molecule has 0 N–H and O–H groups in total. The van der Waals surface area contributed by atoms with Crippen LogP contribution in [0.2, 0.25) is 0 Å². The van der Waals surface area contributed by atoms with Crippen molar-refractivity contribution in [2.75, 3.05) is 4.43 Å². The number of halogens is 1. The van der Waals surface area contributed by atoms with Crippen molar-refractivity contribution in [3.8, 4) is 23.5 Å². The van der Waals surface area contributed by atoms with Crippen LogP contribution in [0.4, 0.5) is 0 Å². The van der Waals surface area contributed by atoms with Crippen LogP contribution in [0.3, 0.4) is 0 Å². The summed E-state index contributed by atoms with van der Waals surface area (Å²) >= 11 is 2.40. The van der Waals surface area contributed by atoms with E-state index in [0.29, 0.717) is 0 Å². The summed E-state index contributed by atoms with van der Waals surface area (Å²) in [6.45, 7) is 4.60. The summed E-state index contributed by atoms with van der Waals surface area (Å²) in [5.74, 6) is 2.74. The maximum atomic E-state index is 5.64. The van der Waals surface area contributed by atoms with Crippen LogP contribution in [0.25, 0.3) is 27.5 Å². The largest absolute Gasteiger partial charge is 0.115 e. The van der Waals surface area contributed by atoms with Gasteiger partial charge in [0.05, 0.1) is 0 Å². The molecule has 0 unspecified atom stereocenters. The summed E-state index contributed by atoms with van der Waals surface area (Å²) in [7, 11) is 0. The van der Waals surface area contributed by atoms with Gasteiger partial charge < -0.3 is 0 Å². The first-order chi connectivity index (χ1) is 13.1. The van der Waals surface area contributed by atoms with Gasteiger partial charge in [-0.1, -0.05) is 103 Å². The molecule has 0 heterocycles. The van der Waals surface area contributed by atoms with Crippen LogP contribution in [-0.4, -0.2) is 4.43 Å². The number of benzene rings is 3. The van der Waals surface area contributed by atoms with E-state index in [0.717, 1.165) is 4.43 Å². The van der Waals surface area contributed by atoms with Crippen LogP contribution in [0.15, 0.2) is 78.4 Å². The molecule has 0 bridgehead atoms. The van der Waals surface area contributed by atoms with Gasteiger partial charge >= 0.3 is 0 Å². The summed E-state index contributed by atoms with van der Waals surface area (Å²) in [5, 5.41) is 2.56. The summed E-state index contributed by atoms with van der Waals surface area (Å²) in [6.07, 6.45) is 9.87. The molecule has 0 nitrogen and oxygen atoms in total. The van der Waals surface area contributed by atoms with E-state index in [9.17, 15) is 0 Å². The second-order valence-electron chi connectivity index (χ2n) is 7.41. The van der Waals surface area contributed by atoms with Crippen molar-refractivity contribution in [3.63, 3.8) is 0 Å². The fraction of sp³-hybridized carbons (Fsp3) is 0.154. The lowest BCUT2D eigenvalue weighted by atomic mass is 9.81. The van der Waals surface area contributed by atoms with Gasteiger partial charge in [0.15, 0.2) is 0 Å². The predicted octanol–water partition coefficient (Wildman–Crippen LogP) is 7.18. The third-order valence-corrected chi connectivity index (χ3v) is 6.00. The van der Waals surface area contributed by atoms with Crippen LogP contribution in [0.5, 0.6) is 0 Å². The number of hydrogen-bond donors (Lipinski definition) is 0. The Hall–Kier alpha value is -2.31. The minimum atomic E-state index is -0.0518. The number of terminal acetylenes is 1. The summed E-state index contributed by atoms with van der Waals surface area (Å²) in [5.41, 5.74) is 7.63. The Morgan fingerprint density at radius 2 is 1.78 bits per heavy atom. The highest BCUT2D eigenvalue weighted by Gasteiger charge is 2.37. The summed E-state index contributed by atoms with van der Waals surface area (Å²) < 4.78 is 0.975. The molecule has 0 saturated carbocycles. The zero-order chi connectivity index (χ0) is 19.0. The minimum Gasteiger partial charge on any atom is -0.115 e. The van der Waals surface area contributed by atoms with Gasteiger partial charge in [0, 0.05) is 9.84 Å². The van der Waals surface area contributed by atoms with Crippen LogP contribution in [-0.2, 0) is 5.41 Å². The third kappa shape index (κ3) is 2.93. The maximum Gasteiger partial charge on any atom is 0.0182 e. The van der Waals surface area contributed by atoms with Crippen molar-refractivity contribution in [1.29, 1.82) is 0 Å². The molecule has 3 aromatic rings. The summed E-state index contributed by atoms with van der Waals surface area (Å²) in [6, 6.07) is 21.9. The molecule has 0 saturated heterocycles. The third-order valence-electron chi connectivity index (χ3n) is 5.56. The first-order valence-electron chi connectivity index (χ1n) is 9.14.